The van der Waals surface area contributed by atoms with Crippen LogP contribution in [-0.4, -0.2) is 0 Å². The van der Waals surface area contributed by atoms with Crippen molar-refractivity contribution in [1.29, 1.82) is 0 Å². The quantitative estimate of drug-likeness (QED) is 0.446. The van der Waals surface area contributed by atoms with E-state index in [0.717, 1.165) is 18.4 Å². The average Bonchev–Trinajstić information content (AvgIpc) is 2.42. The molecule has 0 fully saturated rings. The number of rotatable bonds is 7. The van der Waals surface area contributed by atoms with E-state index >= 15 is 0 Å². The maximum Gasteiger partial charge on any atom is 0.0245 e. The van der Waals surface area contributed by atoms with Crippen LogP contribution in [0.25, 0.3) is 0 Å². The Labute approximate surface area is 113 Å². The zero-order valence-corrected chi connectivity index (χ0v) is 12.0. The highest BCUT2D eigenvalue weighted by molar-refractivity contribution is 5.36. The lowest BCUT2D eigenvalue weighted by molar-refractivity contribution is 0.614. The SMILES string of the molecule is CCCCCCCCC#Cc1ccc(CC)cc1. The third kappa shape index (κ3) is 6.50. The minimum atomic E-state index is 1.04. The van der Waals surface area contributed by atoms with E-state index < -0.39 is 0 Å². The van der Waals surface area contributed by atoms with Crippen molar-refractivity contribution in [2.75, 3.05) is 0 Å². The van der Waals surface area contributed by atoms with E-state index in [4.69, 9.17) is 0 Å². The summed E-state index contributed by atoms with van der Waals surface area (Å²) in [6, 6.07) is 8.61. The van der Waals surface area contributed by atoms with E-state index in [1.807, 2.05) is 0 Å². The van der Waals surface area contributed by atoms with Gasteiger partial charge in [0.1, 0.15) is 0 Å². The van der Waals surface area contributed by atoms with Crippen LogP contribution in [0, 0.1) is 11.8 Å². The Kier molecular flexibility index (Phi) is 8.06. The third-order valence-corrected chi connectivity index (χ3v) is 3.25. The topological polar surface area (TPSA) is 0 Å². The van der Waals surface area contributed by atoms with Gasteiger partial charge in [-0.05, 0) is 30.5 Å². The molecule has 0 atom stereocenters. The van der Waals surface area contributed by atoms with E-state index in [2.05, 4.69) is 50.0 Å². The molecule has 0 nitrogen and oxygen atoms in total. The Bertz CT molecular complexity index is 361. The molecule has 0 amide bonds. The maximum absolute atomic E-state index is 3.28. The number of unbranched alkanes of at least 4 members (excludes halogenated alkanes) is 6. The Morgan fingerprint density at radius 1 is 0.833 bits per heavy atom. The average molecular weight is 242 g/mol. The van der Waals surface area contributed by atoms with Crippen LogP contribution < -0.4 is 0 Å². The lowest BCUT2D eigenvalue weighted by atomic mass is 10.1. The molecule has 0 aliphatic heterocycles. The van der Waals surface area contributed by atoms with Gasteiger partial charge in [0.25, 0.3) is 0 Å². The standard InChI is InChI=1S/C18H26/c1-3-5-6-7-8-9-10-11-12-18-15-13-17(4-2)14-16-18/h13-16H,3-10H2,1-2H3. The predicted octanol–water partition coefficient (Wildman–Crippen LogP) is 5.35. The molecule has 0 aliphatic rings. The van der Waals surface area contributed by atoms with Crippen molar-refractivity contribution in [2.45, 2.75) is 65.2 Å². The minimum absolute atomic E-state index is 1.04. The Balaban J connectivity index is 2.16. The van der Waals surface area contributed by atoms with Crippen molar-refractivity contribution >= 4 is 0 Å². The number of aryl methyl sites for hydroxylation is 1. The molecule has 0 saturated heterocycles. The van der Waals surface area contributed by atoms with Crippen LogP contribution in [0.5, 0.6) is 0 Å². The highest BCUT2D eigenvalue weighted by Gasteiger charge is 1.90. The Morgan fingerprint density at radius 2 is 1.50 bits per heavy atom. The first-order chi connectivity index (χ1) is 8.86. The molecule has 1 aromatic carbocycles. The fourth-order valence-electron chi connectivity index (χ4n) is 1.98. The highest BCUT2D eigenvalue weighted by atomic mass is 13.9. The zero-order chi connectivity index (χ0) is 13.1. The van der Waals surface area contributed by atoms with Gasteiger partial charge in [-0.15, -0.1) is 0 Å². The summed E-state index contributed by atoms with van der Waals surface area (Å²) in [6.45, 7) is 4.44. The van der Waals surface area contributed by atoms with Crippen LogP contribution >= 0.6 is 0 Å². The summed E-state index contributed by atoms with van der Waals surface area (Å²) in [6.07, 6.45) is 10.2. The van der Waals surface area contributed by atoms with E-state index in [1.165, 1.54) is 44.1 Å². The van der Waals surface area contributed by atoms with Gasteiger partial charge in [-0.25, -0.2) is 0 Å². The van der Waals surface area contributed by atoms with Gasteiger partial charge in [-0.1, -0.05) is 69.9 Å². The summed E-state index contributed by atoms with van der Waals surface area (Å²) in [4.78, 5) is 0. The second-order valence-electron chi connectivity index (χ2n) is 4.87. The molecule has 0 aliphatic carbocycles. The van der Waals surface area contributed by atoms with Crippen LogP contribution in [0.4, 0.5) is 0 Å². The first-order valence-electron chi connectivity index (χ1n) is 7.44. The monoisotopic (exact) mass is 242 g/mol. The normalized spacial score (nSPS) is 9.89. The zero-order valence-electron chi connectivity index (χ0n) is 12.0. The molecule has 1 rings (SSSR count). The molecule has 0 N–H and O–H groups in total. The maximum atomic E-state index is 3.28. The molecular weight excluding hydrogens is 216 g/mol. The second kappa shape index (κ2) is 9.77. The Hall–Kier alpha value is -1.22. The molecule has 0 heteroatoms. The van der Waals surface area contributed by atoms with Crippen LogP contribution in [0.1, 0.15) is 69.9 Å². The molecule has 98 valence electrons. The van der Waals surface area contributed by atoms with Crippen molar-refractivity contribution in [3.05, 3.63) is 35.4 Å². The molecule has 0 unspecified atom stereocenters. The molecular formula is C18H26. The number of benzene rings is 1. The fourth-order valence-corrected chi connectivity index (χ4v) is 1.98. The van der Waals surface area contributed by atoms with Gasteiger partial charge >= 0.3 is 0 Å². The van der Waals surface area contributed by atoms with E-state index in [0.29, 0.717) is 0 Å². The fraction of sp³-hybridized carbons (Fsp3) is 0.556. The summed E-state index contributed by atoms with van der Waals surface area (Å²) < 4.78 is 0. The van der Waals surface area contributed by atoms with E-state index in [-0.39, 0.29) is 0 Å². The molecule has 0 bridgehead atoms. The molecule has 1 aromatic rings. The van der Waals surface area contributed by atoms with Gasteiger partial charge in [-0.3, -0.25) is 0 Å². The Morgan fingerprint density at radius 3 is 2.17 bits per heavy atom. The smallest absolute Gasteiger partial charge is 0.0245 e. The first-order valence-corrected chi connectivity index (χ1v) is 7.44. The molecule has 18 heavy (non-hydrogen) atoms. The van der Waals surface area contributed by atoms with Gasteiger partial charge < -0.3 is 0 Å². The summed E-state index contributed by atoms with van der Waals surface area (Å²) in [5.41, 5.74) is 2.54. The number of hydrogen-bond acceptors (Lipinski definition) is 0. The van der Waals surface area contributed by atoms with Crippen LogP contribution in [0.2, 0.25) is 0 Å². The molecule has 0 saturated carbocycles. The van der Waals surface area contributed by atoms with Gasteiger partial charge in [0.15, 0.2) is 0 Å². The van der Waals surface area contributed by atoms with Gasteiger partial charge in [0.2, 0.25) is 0 Å². The van der Waals surface area contributed by atoms with Gasteiger partial charge in [0.05, 0.1) is 0 Å². The highest BCUT2D eigenvalue weighted by Crippen LogP contribution is 2.07. The van der Waals surface area contributed by atoms with E-state index in [1.54, 1.807) is 0 Å². The van der Waals surface area contributed by atoms with Crippen LogP contribution in [0.15, 0.2) is 24.3 Å². The summed E-state index contributed by atoms with van der Waals surface area (Å²) in [7, 11) is 0. The van der Waals surface area contributed by atoms with Gasteiger partial charge in [0, 0.05) is 12.0 Å². The summed E-state index contributed by atoms with van der Waals surface area (Å²) in [5.74, 6) is 6.53. The van der Waals surface area contributed by atoms with Crippen LogP contribution in [-0.2, 0) is 6.42 Å². The largest absolute Gasteiger partial charge is 0.0979 e. The third-order valence-electron chi connectivity index (χ3n) is 3.25. The van der Waals surface area contributed by atoms with Gasteiger partial charge in [-0.2, -0.15) is 0 Å². The summed E-state index contributed by atoms with van der Waals surface area (Å²) in [5, 5.41) is 0. The second-order valence-corrected chi connectivity index (χ2v) is 4.87. The molecule has 0 aromatic heterocycles. The lowest BCUT2D eigenvalue weighted by Gasteiger charge is -1.97. The van der Waals surface area contributed by atoms with Crippen molar-refractivity contribution in [2.24, 2.45) is 0 Å². The summed E-state index contributed by atoms with van der Waals surface area (Å²) >= 11 is 0. The van der Waals surface area contributed by atoms with E-state index in [9.17, 15) is 0 Å². The predicted molar refractivity (Wildman–Crippen MR) is 80.7 cm³/mol. The van der Waals surface area contributed by atoms with Crippen LogP contribution in [0.3, 0.4) is 0 Å². The molecule has 0 radical (unpaired) electrons. The van der Waals surface area contributed by atoms with Crippen molar-refractivity contribution in [1.82, 2.24) is 0 Å². The van der Waals surface area contributed by atoms with Crippen molar-refractivity contribution in [3.8, 4) is 11.8 Å². The molecule has 0 spiro atoms. The lowest BCUT2D eigenvalue weighted by Crippen LogP contribution is -1.80. The van der Waals surface area contributed by atoms with Crippen molar-refractivity contribution < 1.29 is 0 Å². The molecule has 0 heterocycles. The minimum Gasteiger partial charge on any atom is -0.0979 e. The van der Waals surface area contributed by atoms with Crippen molar-refractivity contribution in [3.63, 3.8) is 0 Å². The number of hydrogen-bond donors (Lipinski definition) is 0. The first kappa shape index (κ1) is 14.8.